The molecule has 0 aliphatic carbocycles. The first-order valence-corrected chi connectivity index (χ1v) is 8.58. The number of anilines is 1. The van der Waals surface area contributed by atoms with Crippen molar-refractivity contribution in [3.63, 3.8) is 0 Å². The number of fused-ring (bicyclic) bond motifs is 2. The topological polar surface area (TPSA) is 110 Å². The van der Waals surface area contributed by atoms with Crippen LogP contribution in [0.2, 0.25) is 0 Å². The molecule has 8 nitrogen and oxygen atoms in total. The number of H-pyrrole nitrogens is 1. The number of carbonyl (C=O) groups excluding carboxylic acids is 2. The van der Waals surface area contributed by atoms with Crippen LogP contribution in [0.15, 0.2) is 43.0 Å². The Hall–Kier alpha value is -3.33. The van der Waals surface area contributed by atoms with E-state index < -0.39 is 18.0 Å². The van der Waals surface area contributed by atoms with E-state index in [9.17, 15) is 9.59 Å². The Kier molecular flexibility index (Phi) is 4.05. The second-order valence-corrected chi connectivity index (χ2v) is 6.59. The minimum absolute atomic E-state index is 0.280. The minimum Gasteiger partial charge on any atom is -0.448 e. The number of imidazole rings is 1. The number of thiophene rings is 1. The summed E-state index contributed by atoms with van der Waals surface area (Å²) in [5.74, 6) is -0.750. The van der Waals surface area contributed by atoms with Crippen molar-refractivity contribution in [2.45, 2.75) is 13.0 Å². The molecule has 2 N–H and O–H groups in total. The number of hydrogen-bond donors (Lipinski definition) is 2. The SMILES string of the molecule is CC(OC(=O)c1cc2ccccc2s1)C(=O)Nc1ncnc2nc[nH]c12. The minimum atomic E-state index is -0.986. The first-order valence-electron chi connectivity index (χ1n) is 7.76. The zero-order valence-corrected chi connectivity index (χ0v) is 14.4. The maximum absolute atomic E-state index is 12.3. The summed E-state index contributed by atoms with van der Waals surface area (Å²) in [6.07, 6.45) is 1.77. The maximum atomic E-state index is 12.3. The number of rotatable bonds is 4. The van der Waals surface area contributed by atoms with E-state index in [2.05, 4.69) is 25.3 Å². The van der Waals surface area contributed by atoms with Gasteiger partial charge in [-0.3, -0.25) is 4.79 Å². The lowest BCUT2D eigenvalue weighted by Crippen LogP contribution is -2.30. The molecule has 1 aromatic carbocycles. The van der Waals surface area contributed by atoms with E-state index in [0.717, 1.165) is 10.1 Å². The zero-order chi connectivity index (χ0) is 18.1. The first kappa shape index (κ1) is 16.2. The van der Waals surface area contributed by atoms with Gasteiger partial charge >= 0.3 is 5.97 Å². The molecule has 130 valence electrons. The standard InChI is InChI=1S/C17H13N5O3S/c1-9(16(23)22-15-13-14(19-7-18-13)20-8-21-15)25-17(24)12-6-10-4-2-3-5-11(10)26-12/h2-9H,1H3,(H2,18,19,20,21,22,23). The van der Waals surface area contributed by atoms with E-state index in [0.29, 0.717) is 16.0 Å². The van der Waals surface area contributed by atoms with Crippen molar-refractivity contribution in [2.24, 2.45) is 0 Å². The zero-order valence-electron chi connectivity index (χ0n) is 13.6. The number of nitrogens with one attached hydrogen (secondary N) is 2. The largest absolute Gasteiger partial charge is 0.448 e. The van der Waals surface area contributed by atoms with Crippen LogP contribution in [0.4, 0.5) is 5.82 Å². The van der Waals surface area contributed by atoms with Gasteiger partial charge in [-0.25, -0.2) is 19.7 Å². The van der Waals surface area contributed by atoms with E-state index in [1.54, 1.807) is 6.07 Å². The molecule has 0 aliphatic heterocycles. The lowest BCUT2D eigenvalue weighted by Gasteiger charge is -2.12. The molecule has 4 rings (SSSR count). The van der Waals surface area contributed by atoms with Crippen LogP contribution in [-0.2, 0) is 9.53 Å². The highest BCUT2D eigenvalue weighted by atomic mass is 32.1. The van der Waals surface area contributed by atoms with Gasteiger partial charge in [-0.05, 0) is 24.4 Å². The summed E-state index contributed by atoms with van der Waals surface area (Å²) in [5, 5.41) is 3.58. The summed E-state index contributed by atoms with van der Waals surface area (Å²) in [7, 11) is 0. The number of carbonyl (C=O) groups is 2. The third-order valence-electron chi connectivity index (χ3n) is 3.74. The molecule has 26 heavy (non-hydrogen) atoms. The van der Waals surface area contributed by atoms with E-state index >= 15 is 0 Å². The molecule has 3 heterocycles. The van der Waals surface area contributed by atoms with Crippen LogP contribution in [0.1, 0.15) is 16.6 Å². The number of aromatic nitrogens is 4. The molecule has 0 saturated heterocycles. The van der Waals surface area contributed by atoms with Crippen LogP contribution in [0.5, 0.6) is 0 Å². The van der Waals surface area contributed by atoms with Crippen molar-refractivity contribution in [3.8, 4) is 0 Å². The Bertz CT molecular complexity index is 1090. The first-order chi connectivity index (χ1) is 12.6. The van der Waals surface area contributed by atoms with E-state index in [-0.39, 0.29) is 5.82 Å². The lowest BCUT2D eigenvalue weighted by atomic mass is 10.2. The van der Waals surface area contributed by atoms with E-state index in [4.69, 9.17) is 4.74 Å². The van der Waals surface area contributed by atoms with Crippen LogP contribution < -0.4 is 5.32 Å². The molecule has 0 aliphatic rings. The van der Waals surface area contributed by atoms with Crippen molar-refractivity contribution in [1.29, 1.82) is 0 Å². The fourth-order valence-corrected chi connectivity index (χ4v) is 3.38. The van der Waals surface area contributed by atoms with Gasteiger partial charge in [-0.1, -0.05) is 18.2 Å². The van der Waals surface area contributed by atoms with Gasteiger partial charge in [-0.2, -0.15) is 0 Å². The molecule has 0 radical (unpaired) electrons. The molecule has 1 amide bonds. The van der Waals surface area contributed by atoms with Gasteiger partial charge in [0.25, 0.3) is 5.91 Å². The van der Waals surface area contributed by atoms with Crippen LogP contribution in [0, 0.1) is 0 Å². The molecule has 0 fully saturated rings. The average molecular weight is 367 g/mol. The van der Waals surface area contributed by atoms with Crippen molar-refractivity contribution < 1.29 is 14.3 Å². The normalized spacial score (nSPS) is 12.2. The Morgan fingerprint density at radius 3 is 2.92 bits per heavy atom. The Morgan fingerprint density at radius 2 is 2.08 bits per heavy atom. The Balaban J connectivity index is 1.46. The molecule has 0 spiro atoms. The summed E-state index contributed by atoms with van der Waals surface area (Å²) in [4.78, 5) is 39.9. The van der Waals surface area contributed by atoms with Gasteiger partial charge in [0.15, 0.2) is 17.6 Å². The summed E-state index contributed by atoms with van der Waals surface area (Å²) >= 11 is 1.33. The fourth-order valence-electron chi connectivity index (χ4n) is 2.43. The van der Waals surface area contributed by atoms with Gasteiger partial charge < -0.3 is 15.0 Å². The van der Waals surface area contributed by atoms with Crippen molar-refractivity contribution in [2.75, 3.05) is 5.32 Å². The second-order valence-electron chi connectivity index (χ2n) is 5.51. The van der Waals surface area contributed by atoms with E-state index in [1.165, 1.54) is 30.9 Å². The summed E-state index contributed by atoms with van der Waals surface area (Å²) in [6.45, 7) is 1.51. The fraction of sp³-hybridized carbons (Fsp3) is 0.118. The number of benzene rings is 1. The summed E-state index contributed by atoms with van der Waals surface area (Å²) in [5.41, 5.74) is 0.939. The van der Waals surface area contributed by atoms with Crippen LogP contribution in [0.3, 0.4) is 0 Å². The van der Waals surface area contributed by atoms with Crippen molar-refractivity contribution >= 4 is 50.3 Å². The van der Waals surface area contributed by atoms with Gasteiger partial charge in [-0.15, -0.1) is 11.3 Å². The highest BCUT2D eigenvalue weighted by molar-refractivity contribution is 7.20. The second kappa shape index (κ2) is 6.52. The number of amides is 1. The van der Waals surface area contributed by atoms with E-state index in [1.807, 2.05) is 24.3 Å². The molecule has 1 atom stereocenters. The number of esters is 1. The number of hydrogen-bond acceptors (Lipinski definition) is 7. The highest BCUT2D eigenvalue weighted by Gasteiger charge is 2.21. The maximum Gasteiger partial charge on any atom is 0.349 e. The van der Waals surface area contributed by atoms with Gasteiger partial charge in [0.2, 0.25) is 0 Å². The lowest BCUT2D eigenvalue weighted by molar-refractivity contribution is -0.123. The average Bonchev–Trinajstić information content (AvgIpc) is 3.28. The van der Waals surface area contributed by atoms with Crippen LogP contribution in [0.25, 0.3) is 21.3 Å². The van der Waals surface area contributed by atoms with Crippen LogP contribution >= 0.6 is 11.3 Å². The van der Waals surface area contributed by atoms with Gasteiger partial charge in [0, 0.05) is 4.70 Å². The quantitative estimate of drug-likeness (QED) is 0.537. The molecule has 0 bridgehead atoms. The Labute approximate surface area is 151 Å². The number of aromatic amines is 1. The molecule has 4 aromatic rings. The molecule has 1 unspecified atom stereocenters. The summed E-state index contributed by atoms with van der Waals surface area (Å²) in [6, 6.07) is 9.41. The summed E-state index contributed by atoms with van der Waals surface area (Å²) < 4.78 is 6.27. The molecule has 0 saturated carbocycles. The third-order valence-corrected chi connectivity index (χ3v) is 4.84. The monoisotopic (exact) mass is 367 g/mol. The smallest absolute Gasteiger partial charge is 0.349 e. The number of ether oxygens (including phenoxy) is 1. The third kappa shape index (κ3) is 3.00. The Morgan fingerprint density at radius 1 is 1.23 bits per heavy atom. The van der Waals surface area contributed by atoms with Gasteiger partial charge in [0.1, 0.15) is 16.7 Å². The van der Waals surface area contributed by atoms with Crippen molar-refractivity contribution in [1.82, 2.24) is 19.9 Å². The van der Waals surface area contributed by atoms with Crippen molar-refractivity contribution in [3.05, 3.63) is 47.9 Å². The number of nitrogens with zero attached hydrogens (tertiary/aromatic N) is 3. The molecule has 9 heteroatoms. The predicted molar refractivity (Wildman–Crippen MR) is 97.0 cm³/mol. The molecular formula is C17H13N5O3S. The van der Waals surface area contributed by atoms with Crippen LogP contribution in [-0.4, -0.2) is 37.9 Å². The van der Waals surface area contributed by atoms with Gasteiger partial charge in [0.05, 0.1) is 6.33 Å². The molecular weight excluding hydrogens is 354 g/mol. The highest BCUT2D eigenvalue weighted by Crippen LogP contribution is 2.26. The molecule has 3 aromatic heterocycles. The predicted octanol–water partition coefficient (Wildman–Crippen LogP) is 2.75.